The van der Waals surface area contributed by atoms with Crippen molar-refractivity contribution in [2.75, 3.05) is 0 Å². The highest BCUT2D eigenvalue weighted by atomic mass is 16.2. The van der Waals surface area contributed by atoms with Crippen LogP contribution < -0.4 is 11.1 Å². The minimum absolute atomic E-state index is 0.140. The molecule has 1 aromatic rings. The number of urea groups is 1. The van der Waals surface area contributed by atoms with Gasteiger partial charge in [0.25, 0.3) is 0 Å². The second-order valence-electron chi connectivity index (χ2n) is 3.66. The smallest absolute Gasteiger partial charge is 0.343 e. The molecule has 0 spiro atoms. The lowest BCUT2D eigenvalue weighted by Crippen LogP contribution is -2.40. The van der Waals surface area contributed by atoms with Crippen LogP contribution in [0.5, 0.6) is 0 Å². The van der Waals surface area contributed by atoms with Crippen molar-refractivity contribution < 1.29 is 4.79 Å². The van der Waals surface area contributed by atoms with Crippen molar-refractivity contribution in [1.82, 2.24) is 5.32 Å². The molecule has 78 valence electrons. The number of aliphatic imine (C=N–C) groups is 1. The number of carbonyl (C=O) groups is 1. The van der Waals surface area contributed by atoms with E-state index in [-0.39, 0.29) is 18.0 Å². The fraction of sp³-hybridized carbons (Fsp3) is 0.273. The highest BCUT2D eigenvalue weighted by molar-refractivity contribution is 6.03. The molecule has 4 heteroatoms. The Morgan fingerprint density at radius 1 is 1.40 bits per heavy atom. The van der Waals surface area contributed by atoms with Crippen LogP contribution in [0.3, 0.4) is 0 Å². The Bertz CT molecular complexity index is 400. The summed E-state index contributed by atoms with van der Waals surface area (Å²) in [5.74, 6) is 0.512. The van der Waals surface area contributed by atoms with Crippen molar-refractivity contribution >= 4 is 11.9 Å². The van der Waals surface area contributed by atoms with Gasteiger partial charge < -0.3 is 11.1 Å². The van der Waals surface area contributed by atoms with E-state index in [9.17, 15) is 4.79 Å². The molecule has 0 saturated carbocycles. The molecule has 0 bridgehead atoms. The average Bonchev–Trinajstić information content (AvgIpc) is 2.58. The van der Waals surface area contributed by atoms with E-state index in [1.54, 1.807) is 0 Å². The predicted octanol–water partition coefficient (Wildman–Crippen LogP) is 1.24. The van der Waals surface area contributed by atoms with E-state index in [0.717, 1.165) is 5.56 Å². The van der Waals surface area contributed by atoms with Gasteiger partial charge >= 0.3 is 6.03 Å². The summed E-state index contributed by atoms with van der Waals surface area (Å²) in [5.41, 5.74) is 6.82. The Hall–Kier alpha value is -1.84. The second-order valence-corrected chi connectivity index (χ2v) is 3.66. The summed E-state index contributed by atoms with van der Waals surface area (Å²) in [6.45, 7) is 2.02. The molecular formula is C11H13N3O. The van der Waals surface area contributed by atoms with E-state index >= 15 is 0 Å². The first-order valence-electron chi connectivity index (χ1n) is 4.88. The Labute approximate surface area is 88.2 Å². The van der Waals surface area contributed by atoms with Gasteiger partial charge in [0.15, 0.2) is 0 Å². The number of rotatable bonds is 2. The number of amides is 2. The summed E-state index contributed by atoms with van der Waals surface area (Å²) in [4.78, 5) is 14.7. The maximum absolute atomic E-state index is 11.0. The van der Waals surface area contributed by atoms with Gasteiger partial charge in [0.05, 0.1) is 6.04 Å². The summed E-state index contributed by atoms with van der Waals surface area (Å²) in [6.07, 6.45) is 0. The molecule has 1 aliphatic heterocycles. The van der Waals surface area contributed by atoms with E-state index in [1.807, 2.05) is 37.3 Å². The minimum atomic E-state index is -0.347. The number of amidine groups is 1. The van der Waals surface area contributed by atoms with Crippen LogP contribution in [-0.2, 0) is 0 Å². The summed E-state index contributed by atoms with van der Waals surface area (Å²) in [6, 6.07) is 9.40. The van der Waals surface area contributed by atoms with Crippen molar-refractivity contribution in [2.45, 2.75) is 18.9 Å². The molecule has 0 saturated heterocycles. The first kappa shape index (κ1) is 9.71. The largest absolute Gasteiger partial charge is 0.385 e. The van der Waals surface area contributed by atoms with Crippen molar-refractivity contribution in [1.29, 1.82) is 0 Å². The molecule has 0 aromatic heterocycles. The first-order valence-corrected chi connectivity index (χ1v) is 4.88. The van der Waals surface area contributed by atoms with Crippen molar-refractivity contribution in [2.24, 2.45) is 10.7 Å². The molecule has 1 aromatic carbocycles. The van der Waals surface area contributed by atoms with Gasteiger partial charge in [0.1, 0.15) is 5.84 Å². The number of carbonyl (C=O) groups excluding carboxylic acids is 1. The summed E-state index contributed by atoms with van der Waals surface area (Å²) >= 11 is 0. The van der Waals surface area contributed by atoms with Crippen molar-refractivity contribution in [3.05, 3.63) is 35.9 Å². The lowest BCUT2D eigenvalue weighted by Gasteiger charge is -2.19. The second kappa shape index (κ2) is 3.73. The Morgan fingerprint density at radius 2 is 2.07 bits per heavy atom. The lowest BCUT2D eigenvalue weighted by atomic mass is 9.93. The molecule has 1 aliphatic rings. The molecule has 2 atom stereocenters. The van der Waals surface area contributed by atoms with Gasteiger partial charge in [0.2, 0.25) is 0 Å². The zero-order chi connectivity index (χ0) is 10.8. The Balaban J connectivity index is 2.20. The summed E-state index contributed by atoms with van der Waals surface area (Å²) in [7, 11) is 0. The van der Waals surface area contributed by atoms with Gasteiger partial charge in [-0.05, 0) is 5.56 Å². The molecule has 4 nitrogen and oxygen atoms in total. The monoisotopic (exact) mass is 203 g/mol. The van der Waals surface area contributed by atoms with Crippen LogP contribution in [-0.4, -0.2) is 17.9 Å². The first-order chi connectivity index (χ1) is 7.18. The van der Waals surface area contributed by atoms with E-state index in [4.69, 9.17) is 5.73 Å². The Morgan fingerprint density at radius 3 is 2.60 bits per heavy atom. The molecule has 2 unspecified atom stereocenters. The van der Waals surface area contributed by atoms with E-state index in [1.165, 1.54) is 0 Å². The van der Waals surface area contributed by atoms with Gasteiger partial charge in [-0.3, -0.25) is 0 Å². The van der Waals surface area contributed by atoms with Crippen LogP contribution in [0, 0.1) is 0 Å². The topological polar surface area (TPSA) is 67.5 Å². The maximum atomic E-state index is 11.0. The maximum Gasteiger partial charge on any atom is 0.343 e. The normalized spacial score (nSPS) is 22.1. The lowest BCUT2D eigenvalue weighted by molar-refractivity contribution is 0.249. The third-order valence-electron chi connectivity index (χ3n) is 2.65. The predicted molar refractivity (Wildman–Crippen MR) is 58.8 cm³/mol. The number of hydrogen-bond acceptors (Lipinski definition) is 2. The van der Waals surface area contributed by atoms with E-state index in [2.05, 4.69) is 10.3 Å². The SMILES string of the molecule is CC(c1ccccc1)C1NC(=O)N=C1N. The molecule has 0 aliphatic carbocycles. The number of hydrogen-bond donors (Lipinski definition) is 2. The third-order valence-corrected chi connectivity index (χ3v) is 2.65. The fourth-order valence-corrected chi connectivity index (χ4v) is 1.76. The molecule has 0 radical (unpaired) electrons. The quantitative estimate of drug-likeness (QED) is 0.759. The fourth-order valence-electron chi connectivity index (χ4n) is 1.76. The molecule has 1 heterocycles. The van der Waals surface area contributed by atoms with Crippen molar-refractivity contribution in [3.63, 3.8) is 0 Å². The zero-order valence-electron chi connectivity index (χ0n) is 8.47. The Kier molecular flexibility index (Phi) is 2.41. The molecule has 2 rings (SSSR count). The van der Waals surface area contributed by atoms with E-state index < -0.39 is 0 Å². The zero-order valence-corrected chi connectivity index (χ0v) is 8.47. The summed E-state index contributed by atoms with van der Waals surface area (Å²) < 4.78 is 0. The van der Waals surface area contributed by atoms with E-state index in [0.29, 0.717) is 5.84 Å². The van der Waals surface area contributed by atoms with Crippen LogP contribution in [0.1, 0.15) is 18.4 Å². The molecule has 3 N–H and O–H groups in total. The van der Waals surface area contributed by atoms with Crippen LogP contribution in [0.4, 0.5) is 4.79 Å². The minimum Gasteiger partial charge on any atom is -0.385 e. The summed E-state index contributed by atoms with van der Waals surface area (Å²) in [5, 5.41) is 2.73. The highest BCUT2D eigenvalue weighted by Gasteiger charge is 2.29. The van der Waals surface area contributed by atoms with Crippen LogP contribution in [0.15, 0.2) is 35.3 Å². The molecule has 0 fully saturated rings. The van der Waals surface area contributed by atoms with Gasteiger partial charge in [-0.2, -0.15) is 4.99 Å². The third kappa shape index (κ3) is 1.83. The van der Waals surface area contributed by atoms with Gasteiger partial charge in [0, 0.05) is 5.92 Å². The number of nitrogens with two attached hydrogens (primary N) is 1. The van der Waals surface area contributed by atoms with Crippen LogP contribution in [0.25, 0.3) is 0 Å². The van der Waals surface area contributed by atoms with Crippen LogP contribution in [0.2, 0.25) is 0 Å². The average molecular weight is 203 g/mol. The molecular weight excluding hydrogens is 190 g/mol. The van der Waals surface area contributed by atoms with Crippen molar-refractivity contribution in [3.8, 4) is 0 Å². The standard InChI is InChI=1S/C11H13N3O/c1-7(8-5-3-2-4-6-8)9-10(12)14-11(15)13-9/h2-7,9H,1H3,(H3,12,13,14,15). The molecule has 15 heavy (non-hydrogen) atoms. The van der Waals surface area contributed by atoms with Crippen LogP contribution >= 0.6 is 0 Å². The number of nitrogens with one attached hydrogen (secondary N) is 1. The van der Waals surface area contributed by atoms with Gasteiger partial charge in [-0.25, -0.2) is 4.79 Å². The highest BCUT2D eigenvalue weighted by Crippen LogP contribution is 2.20. The van der Waals surface area contributed by atoms with Gasteiger partial charge in [-0.15, -0.1) is 0 Å². The van der Waals surface area contributed by atoms with Gasteiger partial charge in [-0.1, -0.05) is 37.3 Å². The number of nitrogens with zero attached hydrogens (tertiary/aromatic N) is 1. The molecule has 2 amide bonds. The number of benzene rings is 1.